The van der Waals surface area contributed by atoms with Gasteiger partial charge in [-0.05, 0) is 48.8 Å². The number of alkyl halides is 9. The second kappa shape index (κ2) is 10.7. The van der Waals surface area contributed by atoms with E-state index in [2.05, 4.69) is 3.63 Å². The van der Waals surface area contributed by atoms with Gasteiger partial charge in [0.15, 0.2) is 5.78 Å². The Labute approximate surface area is 211 Å². The first-order chi connectivity index (χ1) is 16.9. The number of Topliss-reactive ketones (excluding diaryl/α,β-unsaturated/α-hetero) is 1. The highest BCUT2D eigenvalue weighted by Crippen LogP contribution is 2.69. The summed E-state index contributed by atoms with van der Waals surface area (Å²) in [4.78, 5) is 13.1. The van der Waals surface area contributed by atoms with Crippen molar-refractivity contribution in [2.24, 2.45) is 0 Å². The Morgan fingerprint density at radius 1 is 0.622 bits per heavy atom. The van der Waals surface area contributed by atoms with Crippen LogP contribution >= 0.6 is 10.3 Å². The maximum absolute atomic E-state index is 14.9. The van der Waals surface area contributed by atoms with Gasteiger partial charge in [-0.2, -0.15) is 39.5 Å². The fourth-order valence-electron chi connectivity index (χ4n) is 5.89. The predicted octanol–water partition coefficient (Wildman–Crippen LogP) is 7.73. The maximum Gasteiger partial charge on any atom is 0.486 e. The molecule has 37 heavy (non-hydrogen) atoms. The third kappa shape index (κ3) is 5.26. The molecular formula is C22H32F9O4S2+. The first-order valence-electron chi connectivity index (χ1n) is 12.4. The van der Waals surface area contributed by atoms with Crippen molar-refractivity contribution >= 4 is 26.2 Å². The molecule has 15 heteroatoms. The van der Waals surface area contributed by atoms with Crippen LogP contribution in [0.2, 0.25) is 0 Å². The van der Waals surface area contributed by atoms with Gasteiger partial charge in [0.2, 0.25) is 0 Å². The van der Waals surface area contributed by atoms with Crippen LogP contribution in [0.3, 0.4) is 0 Å². The zero-order valence-electron chi connectivity index (χ0n) is 20.0. The molecule has 1 atom stereocenters. The third-order valence-corrected chi connectivity index (χ3v) is 15.0. The zero-order valence-corrected chi connectivity index (χ0v) is 21.7. The van der Waals surface area contributed by atoms with Crippen LogP contribution in [0.5, 0.6) is 0 Å². The summed E-state index contributed by atoms with van der Waals surface area (Å²) >= 11 is 0. The van der Waals surface area contributed by atoms with Crippen LogP contribution in [0.15, 0.2) is 0 Å². The van der Waals surface area contributed by atoms with Gasteiger partial charge in [-0.15, -0.1) is 8.42 Å². The highest BCUT2D eigenvalue weighted by Gasteiger charge is 2.88. The molecule has 3 saturated carbocycles. The third-order valence-electron chi connectivity index (χ3n) is 7.79. The van der Waals surface area contributed by atoms with Crippen LogP contribution in [-0.4, -0.2) is 56.9 Å². The number of carbonyl (C=O) groups excluding carboxylic acids is 1. The minimum absolute atomic E-state index is 0.00707. The summed E-state index contributed by atoms with van der Waals surface area (Å²) in [5.74, 6) is -15.1. The summed E-state index contributed by atoms with van der Waals surface area (Å²) in [5.41, 5.74) is 0. The molecule has 0 aromatic heterocycles. The number of rotatable bonds is 8. The van der Waals surface area contributed by atoms with Crippen LogP contribution < -0.4 is 0 Å². The topological polar surface area (TPSA) is 64.0 Å². The molecule has 3 aliphatic carbocycles. The molecular weight excluding hydrogens is 563 g/mol. The van der Waals surface area contributed by atoms with Gasteiger partial charge in [-0.1, -0.05) is 44.9 Å². The van der Waals surface area contributed by atoms with E-state index in [0.717, 1.165) is 12.8 Å². The normalized spacial score (nSPS) is 25.3. The minimum Gasteiger partial charge on any atom is -0.298 e. The zero-order chi connectivity index (χ0) is 27.9. The minimum atomic E-state index is -7.35. The average molecular weight is 596 g/mol. The molecule has 3 rings (SSSR count). The Hall–Kier alpha value is -0.700. The Bertz CT molecular complexity index is 907. The standard InChI is InChI=1S/C22H31F9O4S2/c23-19(24,21(27,28)29)20(25,26)22(30,31)37(33,34)35-36(15-9-3-1-4-10-15,16-11-5-2-6-12-16)18-14-8-7-13-17(18)32/h15-16,18H,1-14H2/p+1. The summed E-state index contributed by atoms with van der Waals surface area (Å²) in [5, 5.41) is -9.43. The molecule has 4 nitrogen and oxygen atoms in total. The van der Waals surface area contributed by atoms with E-state index in [1.54, 1.807) is 0 Å². The first kappa shape index (κ1) is 30.8. The number of hydrogen-bond donors (Lipinski definition) is 0. The number of carbonyl (C=O) groups is 1. The Balaban J connectivity index is 2.17. The van der Waals surface area contributed by atoms with E-state index in [0.29, 0.717) is 38.5 Å². The van der Waals surface area contributed by atoms with Crippen LogP contribution in [-0.2, 0) is 14.9 Å². The molecule has 1 N–H and O–H groups in total. The van der Waals surface area contributed by atoms with E-state index in [1.807, 2.05) is 0 Å². The monoisotopic (exact) mass is 595 g/mol. The van der Waals surface area contributed by atoms with Crippen molar-refractivity contribution in [3.8, 4) is 0 Å². The molecule has 0 aromatic carbocycles. The van der Waals surface area contributed by atoms with Gasteiger partial charge >= 0.3 is 33.4 Å². The molecule has 0 aromatic rings. The molecule has 0 saturated heterocycles. The molecule has 0 radical (unpaired) electrons. The smallest absolute Gasteiger partial charge is 0.298 e. The molecule has 218 valence electrons. The summed E-state index contributed by atoms with van der Waals surface area (Å²) in [6.07, 6.45) is -1.39. The molecule has 0 aliphatic heterocycles. The van der Waals surface area contributed by atoms with Gasteiger partial charge in [-0.25, -0.2) is 0 Å². The largest absolute Gasteiger partial charge is 0.486 e. The van der Waals surface area contributed by atoms with Gasteiger partial charge in [0.25, 0.3) is 0 Å². The second-order valence-corrected chi connectivity index (χ2v) is 15.6. The van der Waals surface area contributed by atoms with Crippen molar-refractivity contribution in [2.75, 3.05) is 0 Å². The lowest BCUT2D eigenvalue weighted by Gasteiger charge is -2.53. The number of hydrogen-bond acceptors (Lipinski definition) is 3. The van der Waals surface area contributed by atoms with Crippen LogP contribution in [0, 0.1) is 0 Å². The molecule has 0 spiro atoms. The van der Waals surface area contributed by atoms with Crippen molar-refractivity contribution in [1.29, 1.82) is 0 Å². The quantitative estimate of drug-likeness (QED) is 0.164. The Morgan fingerprint density at radius 2 is 1.05 bits per heavy atom. The summed E-state index contributed by atoms with van der Waals surface area (Å²) in [6, 6.07) is 0. The molecule has 0 amide bonds. The van der Waals surface area contributed by atoms with Gasteiger partial charge < -0.3 is 0 Å². The lowest BCUT2D eigenvalue weighted by Crippen LogP contribution is -2.64. The van der Waals surface area contributed by atoms with Crippen molar-refractivity contribution in [3.63, 3.8) is 0 Å². The van der Waals surface area contributed by atoms with Gasteiger partial charge in [0, 0.05) is 6.42 Å². The van der Waals surface area contributed by atoms with E-state index in [9.17, 15) is 52.7 Å². The van der Waals surface area contributed by atoms with Gasteiger partial charge in [0.05, 0.1) is 10.5 Å². The predicted molar refractivity (Wildman–Crippen MR) is 121 cm³/mol. The summed E-state index contributed by atoms with van der Waals surface area (Å²) < 4.78 is 153. The molecule has 1 unspecified atom stereocenters. The van der Waals surface area contributed by atoms with Gasteiger partial charge in [-0.3, -0.25) is 8.42 Å². The van der Waals surface area contributed by atoms with E-state index < -0.39 is 65.2 Å². The van der Waals surface area contributed by atoms with Crippen molar-refractivity contribution in [3.05, 3.63) is 0 Å². The highest BCUT2D eigenvalue weighted by atomic mass is 32.3. The highest BCUT2D eigenvalue weighted by molar-refractivity contribution is 8.34. The Kier molecular flexibility index (Phi) is 8.92. The van der Waals surface area contributed by atoms with Crippen LogP contribution in [0.1, 0.15) is 89.9 Å². The maximum atomic E-state index is 14.9. The fraction of sp³-hybridized carbons (Fsp3) is 0.955. The van der Waals surface area contributed by atoms with E-state index in [-0.39, 0.29) is 38.5 Å². The van der Waals surface area contributed by atoms with E-state index >= 15 is 0 Å². The summed E-state index contributed by atoms with van der Waals surface area (Å²) in [6.45, 7) is 0. The molecule has 0 heterocycles. The SMILES string of the molecule is O=C1CCCCC1S([OH+]S(=O)(=O)C(F)(F)C(F)(F)C(F)(F)C(F)(F)F)(C1CCCCC1)C1CCCCC1. The van der Waals surface area contributed by atoms with E-state index in [4.69, 9.17) is 0 Å². The second-order valence-electron chi connectivity index (χ2n) is 10.2. The number of halogens is 9. The van der Waals surface area contributed by atoms with Crippen molar-refractivity contribution in [2.45, 2.75) is 129 Å². The first-order valence-corrected chi connectivity index (χ1v) is 15.7. The van der Waals surface area contributed by atoms with Crippen molar-refractivity contribution < 1.29 is 56.4 Å². The van der Waals surface area contributed by atoms with Crippen LogP contribution in [0.25, 0.3) is 0 Å². The van der Waals surface area contributed by atoms with Gasteiger partial charge in [0.1, 0.15) is 5.25 Å². The molecule has 0 bridgehead atoms. The molecule has 3 fully saturated rings. The van der Waals surface area contributed by atoms with Crippen molar-refractivity contribution in [1.82, 2.24) is 0 Å². The Morgan fingerprint density at radius 3 is 1.46 bits per heavy atom. The lowest BCUT2D eigenvalue weighted by molar-refractivity contribution is -0.382. The lowest BCUT2D eigenvalue weighted by atomic mass is 9.98. The fourth-order valence-corrected chi connectivity index (χ4v) is 14.2. The number of ketones is 1. The average Bonchev–Trinajstić information content (AvgIpc) is 2.83. The van der Waals surface area contributed by atoms with Crippen LogP contribution in [0.4, 0.5) is 39.5 Å². The summed E-state index contributed by atoms with van der Waals surface area (Å²) in [7, 11) is -10.3. The van der Waals surface area contributed by atoms with E-state index in [1.165, 1.54) is 0 Å². The molecule has 3 aliphatic rings.